The van der Waals surface area contributed by atoms with E-state index in [1.807, 2.05) is 12.1 Å². The fourth-order valence-corrected chi connectivity index (χ4v) is 5.61. The van der Waals surface area contributed by atoms with E-state index in [0.29, 0.717) is 46.0 Å². The highest BCUT2D eigenvalue weighted by atomic mass is 32.2. The van der Waals surface area contributed by atoms with Crippen molar-refractivity contribution in [3.05, 3.63) is 18.2 Å². The Morgan fingerprint density at radius 2 is 1.66 bits per heavy atom. The number of ether oxygens (including phenoxy) is 2. The molecule has 1 heterocycles. The van der Waals surface area contributed by atoms with Gasteiger partial charge in [-0.1, -0.05) is 50.3 Å². The van der Waals surface area contributed by atoms with Crippen LogP contribution in [0.3, 0.4) is 0 Å². The Kier molecular flexibility index (Phi) is 7.95. The number of carbonyl (C=O) groups is 1. The fourth-order valence-electron chi connectivity index (χ4n) is 4.97. The molecule has 0 radical (unpaired) electrons. The Bertz CT molecular complexity index is 873. The Morgan fingerprint density at radius 1 is 1.00 bits per heavy atom. The molecule has 2 aliphatic carbocycles. The highest BCUT2D eigenvalue weighted by molar-refractivity contribution is 7.99. The van der Waals surface area contributed by atoms with Gasteiger partial charge in [0, 0.05) is 18.2 Å². The number of hydrogen-bond donors (Lipinski definition) is 0. The van der Waals surface area contributed by atoms with Gasteiger partial charge >= 0.3 is 0 Å². The molecule has 0 N–H and O–H groups in total. The molecular weight excluding hydrogens is 426 g/mol. The van der Waals surface area contributed by atoms with Gasteiger partial charge in [-0.3, -0.25) is 4.79 Å². The third-order valence-corrected chi connectivity index (χ3v) is 7.39. The van der Waals surface area contributed by atoms with Crippen molar-refractivity contribution in [1.29, 1.82) is 0 Å². The molecular formula is C24H33N3O4S. The molecule has 2 saturated carbocycles. The molecule has 1 amide bonds. The van der Waals surface area contributed by atoms with Crippen molar-refractivity contribution in [3.8, 4) is 23.0 Å². The number of rotatable bonds is 8. The van der Waals surface area contributed by atoms with Gasteiger partial charge in [0.2, 0.25) is 5.91 Å². The molecule has 1 aromatic heterocycles. The average molecular weight is 460 g/mol. The summed E-state index contributed by atoms with van der Waals surface area (Å²) in [4.78, 5) is 15.6. The Hall–Kier alpha value is -2.22. The van der Waals surface area contributed by atoms with Crippen LogP contribution in [-0.4, -0.2) is 53.1 Å². The van der Waals surface area contributed by atoms with Gasteiger partial charge in [-0.05, 0) is 37.8 Å². The fraction of sp³-hybridized carbons (Fsp3) is 0.625. The van der Waals surface area contributed by atoms with Gasteiger partial charge in [0.1, 0.15) is 11.5 Å². The number of aromatic nitrogens is 2. The van der Waals surface area contributed by atoms with Crippen LogP contribution >= 0.6 is 11.8 Å². The predicted octanol–water partition coefficient (Wildman–Crippen LogP) is 5.34. The maximum Gasteiger partial charge on any atom is 0.277 e. The first-order valence-electron chi connectivity index (χ1n) is 11.7. The second kappa shape index (κ2) is 11.1. The zero-order valence-corrected chi connectivity index (χ0v) is 19.9. The maximum atomic E-state index is 13.3. The van der Waals surface area contributed by atoms with Gasteiger partial charge in [-0.25, -0.2) is 0 Å². The lowest BCUT2D eigenvalue weighted by Gasteiger charge is -2.41. The number of benzene rings is 1. The van der Waals surface area contributed by atoms with Gasteiger partial charge in [-0.2, -0.15) is 0 Å². The second-order valence-corrected chi connectivity index (χ2v) is 9.54. The number of carbonyl (C=O) groups excluding carboxylic acids is 1. The van der Waals surface area contributed by atoms with Crippen LogP contribution in [-0.2, 0) is 4.79 Å². The summed E-state index contributed by atoms with van der Waals surface area (Å²) in [6.07, 6.45) is 12.0. The molecule has 4 rings (SSSR count). The van der Waals surface area contributed by atoms with Crippen molar-refractivity contribution >= 4 is 17.7 Å². The van der Waals surface area contributed by atoms with E-state index in [9.17, 15) is 4.79 Å². The van der Waals surface area contributed by atoms with Crippen LogP contribution in [0.1, 0.15) is 64.2 Å². The largest absolute Gasteiger partial charge is 0.497 e. The zero-order valence-electron chi connectivity index (χ0n) is 19.0. The Balaban J connectivity index is 1.43. The standard InChI is InChI=1S/C24H33N3O4S/c1-29-19-13-14-20(21(15-19)30-2)23-25-26-24(31-23)32-16-22(28)27(17-9-5-3-6-10-17)18-11-7-4-8-12-18/h13-15,17-18H,3-12,16H2,1-2H3. The van der Waals surface area contributed by atoms with Crippen molar-refractivity contribution in [2.45, 2.75) is 81.5 Å². The van der Waals surface area contributed by atoms with Crippen molar-refractivity contribution in [2.75, 3.05) is 20.0 Å². The number of thioether (sulfide) groups is 1. The molecule has 0 unspecified atom stereocenters. The highest BCUT2D eigenvalue weighted by Gasteiger charge is 2.32. The lowest BCUT2D eigenvalue weighted by atomic mass is 9.88. The molecule has 7 nitrogen and oxygen atoms in total. The van der Waals surface area contributed by atoms with Gasteiger partial charge < -0.3 is 18.8 Å². The Labute approximate surface area is 194 Å². The molecule has 1 aromatic carbocycles. The number of nitrogens with zero attached hydrogens (tertiary/aromatic N) is 3. The zero-order chi connectivity index (χ0) is 22.3. The third kappa shape index (κ3) is 5.39. The summed E-state index contributed by atoms with van der Waals surface area (Å²) in [5, 5.41) is 8.73. The van der Waals surface area contributed by atoms with E-state index in [2.05, 4.69) is 15.1 Å². The van der Waals surface area contributed by atoms with E-state index < -0.39 is 0 Å². The summed E-state index contributed by atoms with van der Waals surface area (Å²) < 4.78 is 16.5. The monoisotopic (exact) mass is 459 g/mol. The van der Waals surface area contributed by atoms with E-state index in [1.165, 1.54) is 50.3 Å². The SMILES string of the molecule is COc1ccc(-c2nnc(SCC(=O)N(C3CCCCC3)C3CCCCC3)o2)c(OC)c1. The lowest BCUT2D eigenvalue weighted by Crippen LogP contribution is -2.49. The normalized spacial score (nSPS) is 17.8. The van der Waals surface area contributed by atoms with Gasteiger partial charge in [0.25, 0.3) is 11.1 Å². The van der Waals surface area contributed by atoms with Gasteiger partial charge in [-0.15, -0.1) is 10.2 Å². The first kappa shape index (κ1) is 23.0. The first-order chi connectivity index (χ1) is 15.7. The quantitative estimate of drug-likeness (QED) is 0.493. The molecule has 32 heavy (non-hydrogen) atoms. The van der Waals surface area contributed by atoms with Crippen LogP contribution in [0.15, 0.2) is 27.8 Å². The van der Waals surface area contributed by atoms with E-state index in [1.54, 1.807) is 20.3 Å². The van der Waals surface area contributed by atoms with Crippen molar-refractivity contribution in [3.63, 3.8) is 0 Å². The van der Waals surface area contributed by atoms with Crippen LogP contribution in [0.2, 0.25) is 0 Å². The van der Waals surface area contributed by atoms with E-state index in [-0.39, 0.29) is 5.91 Å². The Morgan fingerprint density at radius 3 is 2.25 bits per heavy atom. The van der Waals surface area contributed by atoms with Crippen LogP contribution in [0.5, 0.6) is 11.5 Å². The third-order valence-electron chi connectivity index (χ3n) is 6.59. The summed E-state index contributed by atoms with van der Waals surface area (Å²) in [6.45, 7) is 0. The minimum Gasteiger partial charge on any atom is -0.497 e. The number of hydrogen-bond acceptors (Lipinski definition) is 7. The average Bonchev–Trinajstić information content (AvgIpc) is 3.32. The molecule has 0 aliphatic heterocycles. The summed E-state index contributed by atoms with van der Waals surface area (Å²) in [5.74, 6) is 2.19. The van der Waals surface area contributed by atoms with E-state index in [4.69, 9.17) is 13.9 Å². The van der Waals surface area contributed by atoms with E-state index in [0.717, 1.165) is 25.7 Å². The molecule has 0 atom stereocenters. The number of methoxy groups -OCH3 is 2. The minimum atomic E-state index is 0.204. The van der Waals surface area contributed by atoms with Gasteiger partial charge in [0.15, 0.2) is 0 Å². The highest BCUT2D eigenvalue weighted by Crippen LogP contribution is 2.35. The first-order valence-corrected chi connectivity index (χ1v) is 12.7. The number of amides is 1. The molecule has 2 aromatic rings. The van der Waals surface area contributed by atoms with E-state index >= 15 is 0 Å². The molecule has 2 aliphatic rings. The second-order valence-electron chi connectivity index (χ2n) is 8.61. The van der Waals surface area contributed by atoms with Crippen LogP contribution in [0, 0.1) is 0 Å². The molecule has 0 spiro atoms. The van der Waals surface area contributed by atoms with Crippen molar-refractivity contribution < 1.29 is 18.7 Å². The summed E-state index contributed by atoms with van der Waals surface area (Å²) in [7, 11) is 3.20. The lowest BCUT2D eigenvalue weighted by molar-refractivity contribution is -0.135. The summed E-state index contributed by atoms with van der Waals surface area (Å²) in [6, 6.07) is 6.22. The molecule has 2 fully saturated rings. The van der Waals surface area contributed by atoms with Crippen LogP contribution in [0.4, 0.5) is 0 Å². The van der Waals surface area contributed by atoms with Gasteiger partial charge in [0.05, 0.1) is 25.5 Å². The summed E-state index contributed by atoms with van der Waals surface area (Å²) >= 11 is 1.32. The molecule has 174 valence electrons. The van der Waals surface area contributed by atoms with Crippen LogP contribution < -0.4 is 9.47 Å². The molecule has 0 bridgehead atoms. The molecule has 8 heteroatoms. The molecule has 0 saturated heterocycles. The van der Waals surface area contributed by atoms with Crippen LogP contribution in [0.25, 0.3) is 11.5 Å². The maximum absolute atomic E-state index is 13.3. The topological polar surface area (TPSA) is 77.7 Å². The minimum absolute atomic E-state index is 0.204. The van der Waals surface area contributed by atoms with Crippen molar-refractivity contribution in [2.24, 2.45) is 0 Å². The van der Waals surface area contributed by atoms with Crippen molar-refractivity contribution in [1.82, 2.24) is 15.1 Å². The summed E-state index contributed by atoms with van der Waals surface area (Å²) in [5.41, 5.74) is 0.699. The predicted molar refractivity (Wildman–Crippen MR) is 124 cm³/mol. The smallest absolute Gasteiger partial charge is 0.277 e.